The number of hydrogen-bond acceptors (Lipinski definition) is 3. The molecule has 84 valence electrons. The van der Waals surface area contributed by atoms with Gasteiger partial charge in [0.25, 0.3) is 0 Å². The molecule has 4 heteroatoms. The molecule has 3 nitrogen and oxygen atoms in total. The SMILES string of the molecule is C#CCc1c(C)c(N)c(C)c(B(O)O)c1C. The molecule has 1 rings (SSSR count). The Hall–Kier alpha value is -1.44. The minimum absolute atomic E-state index is 0.446. The van der Waals surface area contributed by atoms with Crippen molar-refractivity contribution in [3.63, 3.8) is 0 Å². The van der Waals surface area contributed by atoms with Crippen molar-refractivity contribution in [2.24, 2.45) is 0 Å². The summed E-state index contributed by atoms with van der Waals surface area (Å²) in [5, 5.41) is 18.7. The Kier molecular flexibility index (Phi) is 3.64. The van der Waals surface area contributed by atoms with Crippen LogP contribution in [0.1, 0.15) is 22.3 Å². The van der Waals surface area contributed by atoms with E-state index in [1.54, 1.807) is 6.92 Å². The maximum absolute atomic E-state index is 9.34. The normalized spacial score (nSPS) is 10.0. The fourth-order valence-electron chi connectivity index (χ4n) is 2.07. The summed E-state index contributed by atoms with van der Waals surface area (Å²) >= 11 is 0. The van der Waals surface area contributed by atoms with Crippen LogP contribution < -0.4 is 11.2 Å². The van der Waals surface area contributed by atoms with Crippen LogP contribution in [0.3, 0.4) is 0 Å². The van der Waals surface area contributed by atoms with Gasteiger partial charge in [-0.15, -0.1) is 12.3 Å². The Bertz CT molecular complexity index is 461. The highest BCUT2D eigenvalue weighted by atomic mass is 16.4. The zero-order chi connectivity index (χ0) is 12.5. The third-order valence-corrected chi connectivity index (χ3v) is 3.06. The quantitative estimate of drug-likeness (QED) is 0.372. The summed E-state index contributed by atoms with van der Waals surface area (Å²) in [4.78, 5) is 0. The van der Waals surface area contributed by atoms with Crippen molar-refractivity contribution in [1.29, 1.82) is 0 Å². The van der Waals surface area contributed by atoms with Crippen LogP contribution in [0.2, 0.25) is 0 Å². The summed E-state index contributed by atoms with van der Waals surface area (Å²) in [5.74, 6) is 2.56. The average molecular weight is 217 g/mol. The van der Waals surface area contributed by atoms with E-state index in [2.05, 4.69) is 5.92 Å². The summed E-state index contributed by atoms with van der Waals surface area (Å²) in [6.07, 6.45) is 5.74. The van der Waals surface area contributed by atoms with Crippen molar-refractivity contribution in [1.82, 2.24) is 0 Å². The van der Waals surface area contributed by atoms with Gasteiger partial charge in [-0.25, -0.2) is 0 Å². The number of rotatable bonds is 2. The average Bonchev–Trinajstić information content (AvgIpc) is 2.21. The molecule has 0 bridgehead atoms. The lowest BCUT2D eigenvalue weighted by Crippen LogP contribution is -2.36. The van der Waals surface area contributed by atoms with E-state index in [1.165, 1.54) is 0 Å². The zero-order valence-electron chi connectivity index (χ0n) is 9.83. The number of terminal acetylenes is 1. The van der Waals surface area contributed by atoms with Crippen molar-refractivity contribution in [2.45, 2.75) is 27.2 Å². The van der Waals surface area contributed by atoms with E-state index in [4.69, 9.17) is 12.2 Å². The van der Waals surface area contributed by atoms with Gasteiger partial charge in [-0.05, 0) is 48.5 Å². The fourth-order valence-corrected chi connectivity index (χ4v) is 2.07. The van der Waals surface area contributed by atoms with Crippen LogP contribution in [0.4, 0.5) is 5.69 Å². The van der Waals surface area contributed by atoms with Gasteiger partial charge < -0.3 is 15.8 Å². The molecule has 0 radical (unpaired) electrons. The third kappa shape index (κ3) is 1.92. The first-order valence-electron chi connectivity index (χ1n) is 5.09. The van der Waals surface area contributed by atoms with Gasteiger partial charge in [0.15, 0.2) is 0 Å². The molecule has 0 fully saturated rings. The first-order valence-corrected chi connectivity index (χ1v) is 5.09. The molecule has 0 heterocycles. The lowest BCUT2D eigenvalue weighted by Gasteiger charge is -2.18. The molecule has 0 atom stereocenters. The topological polar surface area (TPSA) is 66.5 Å². The molecule has 1 aromatic rings. The molecular formula is C12H16BNO2. The van der Waals surface area contributed by atoms with Gasteiger partial charge in [-0.3, -0.25) is 0 Å². The summed E-state index contributed by atoms with van der Waals surface area (Å²) in [5.41, 5.74) is 10.3. The Morgan fingerprint density at radius 1 is 1.19 bits per heavy atom. The molecular weight excluding hydrogens is 201 g/mol. The molecule has 0 saturated heterocycles. The number of anilines is 1. The molecule has 0 aliphatic rings. The van der Waals surface area contributed by atoms with Crippen LogP contribution in [0.25, 0.3) is 0 Å². The van der Waals surface area contributed by atoms with E-state index in [0.717, 1.165) is 16.7 Å². The smallest absolute Gasteiger partial charge is 0.423 e. The molecule has 0 amide bonds. The summed E-state index contributed by atoms with van der Waals surface area (Å²) in [6, 6.07) is 0. The van der Waals surface area contributed by atoms with Crippen LogP contribution in [0.15, 0.2) is 0 Å². The highest BCUT2D eigenvalue weighted by Gasteiger charge is 2.22. The zero-order valence-corrected chi connectivity index (χ0v) is 9.83. The van der Waals surface area contributed by atoms with Crippen LogP contribution in [-0.2, 0) is 6.42 Å². The molecule has 1 aromatic carbocycles. The molecule has 0 aliphatic heterocycles. The predicted octanol–water partition coefficient (Wildman–Crippen LogP) is 0.0496. The van der Waals surface area contributed by atoms with Gasteiger partial charge in [0.2, 0.25) is 0 Å². The monoisotopic (exact) mass is 217 g/mol. The molecule has 0 aliphatic carbocycles. The molecule has 16 heavy (non-hydrogen) atoms. The van der Waals surface area contributed by atoms with E-state index in [9.17, 15) is 10.0 Å². The van der Waals surface area contributed by atoms with E-state index in [1.807, 2.05) is 13.8 Å². The van der Waals surface area contributed by atoms with Crippen molar-refractivity contribution >= 4 is 18.3 Å². The number of benzene rings is 1. The van der Waals surface area contributed by atoms with Gasteiger partial charge >= 0.3 is 7.12 Å². The van der Waals surface area contributed by atoms with Crippen LogP contribution in [0.5, 0.6) is 0 Å². The minimum Gasteiger partial charge on any atom is -0.423 e. The van der Waals surface area contributed by atoms with E-state index < -0.39 is 7.12 Å². The second-order valence-electron chi connectivity index (χ2n) is 3.94. The van der Waals surface area contributed by atoms with Gasteiger partial charge in [0.1, 0.15) is 0 Å². The Balaban J connectivity index is 3.60. The Labute approximate surface area is 96.4 Å². The van der Waals surface area contributed by atoms with Crippen LogP contribution in [0, 0.1) is 33.1 Å². The molecule has 4 N–H and O–H groups in total. The molecule has 0 saturated carbocycles. The first kappa shape index (κ1) is 12.6. The molecule has 0 aromatic heterocycles. The minimum atomic E-state index is -1.51. The predicted molar refractivity (Wildman–Crippen MR) is 67.4 cm³/mol. The second kappa shape index (κ2) is 4.61. The van der Waals surface area contributed by atoms with Gasteiger partial charge in [-0.1, -0.05) is 0 Å². The highest BCUT2D eigenvalue weighted by Crippen LogP contribution is 2.23. The summed E-state index contributed by atoms with van der Waals surface area (Å²) in [6.45, 7) is 5.51. The van der Waals surface area contributed by atoms with Crippen molar-refractivity contribution in [3.05, 3.63) is 22.3 Å². The number of nitrogen functional groups attached to an aromatic ring is 1. The first-order chi connectivity index (χ1) is 7.41. The Morgan fingerprint density at radius 3 is 2.19 bits per heavy atom. The van der Waals surface area contributed by atoms with Crippen molar-refractivity contribution in [2.75, 3.05) is 5.73 Å². The fraction of sp³-hybridized carbons (Fsp3) is 0.333. The summed E-state index contributed by atoms with van der Waals surface area (Å²) < 4.78 is 0. The van der Waals surface area contributed by atoms with Crippen LogP contribution in [-0.4, -0.2) is 17.2 Å². The van der Waals surface area contributed by atoms with Gasteiger partial charge in [0, 0.05) is 12.1 Å². The highest BCUT2D eigenvalue weighted by molar-refractivity contribution is 6.60. The van der Waals surface area contributed by atoms with E-state index >= 15 is 0 Å². The van der Waals surface area contributed by atoms with E-state index in [-0.39, 0.29) is 0 Å². The molecule has 0 spiro atoms. The maximum Gasteiger partial charge on any atom is 0.489 e. The van der Waals surface area contributed by atoms with Gasteiger partial charge in [-0.2, -0.15) is 0 Å². The van der Waals surface area contributed by atoms with E-state index in [0.29, 0.717) is 23.1 Å². The number of nitrogens with two attached hydrogens (primary N) is 1. The Morgan fingerprint density at radius 2 is 1.75 bits per heavy atom. The third-order valence-electron chi connectivity index (χ3n) is 3.06. The second-order valence-corrected chi connectivity index (χ2v) is 3.94. The lowest BCUT2D eigenvalue weighted by molar-refractivity contribution is 0.425. The molecule has 0 unspecified atom stereocenters. The number of hydrogen-bond donors (Lipinski definition) is 3. The summed E-state index contributed by atoms with van der Waals surface area (Å²) in [7, 11) is -1.51. The lowest BCUT2D eigenvalue weighted by atomic mass is 9.71. The largest absolute Gasteiger partial charge is 0.489 e. The van der Waals surface area contributed by atoms with Crippen molar-refractivity contribution in [3.8, 4) is 12.3 Å². The standard InChI is InChI=1S/C12H16BNO2/c1-5-6-10-7(2)11(13(15)16)9(4)12(14)8(10)3/h1,15-16H,6,14H2,2-4H3. The maximum atomic E-state index is 9.34. The van der Waals surface area contributed by atoms with Gasteiger partial charge in [0.05, 0.1) is 0 Å². The van der Waals surface area contributed by atoms with Crippen LogP contribution >= 0.6 is 0 Å². The van der Waals surface area contributed by atoms with Crippen molar-refractivity contribution < 1.29 is 10.0 Å².